The van der Waals surface area contributed by atoms with E-state index in [0.29, 0.717) is 26.1 Å². The van der Waals surface area contributed by atoms with E-state index in [1.54, 1.807) is 19.1 Å². The van der Waals surface area contributed by atoms with Crippen LogP contribution in [0, 0.1) is 12.8 Å². The van der Waals surface area contributed by atoms with Gasteiger partial charge in [-0.3, -0.25) is 14.4 Å². The maximum Gasteiger partial charge on any atom is 0.251 e. The van der Waals surface area contributed by atoms with Crippen LogP contribution in [0.5, 0.6) is 0 Å². The van der Waals surface area contributed by atoms with E-state index in [0.717, 1.165) is 23.2 Å². The summed E-state index contributed by atoms with van der Waals surface area (Å²) in [6.07, 6.45) is 1.25. The first-order valence-corrected chi connectivity index (χ1v) is 10.2. The van der Waals surface area contributed by atoms with Crippen LogP contribution in [-0.2, 0) is 16.0 Å². The number of fused-ring (bicyclic) bond motifs is 4. The highest BCUT2D eigenvalue weighted by molar-refractivity contribution is 5.78. The summed E-state index contributed by atoms with van der Waals surface area (Å²) in [5.74, 6) is 0.339. The number of amides is 2. The first-order chi connectivity index (χ1) is 13.9. The van der Waals surface area contributed by atoms with Crippen LogP contribution >= 0.6 is 0 Å². The van der Waals surface area contributed by atoms with Gasteiger partial charge in [0, 0.05) is 44.2 Å². The molecule has 2 aromatic rings. The predicted octanol–water partition coefficient (Wildman–Crippen LogP) is 2.02. The summed E-state index contributed by atoms with van der Waals surface area (Å²) in [5, 5.41) is 3.03. The Morgan fingerprint density at radius 1 is 1.14 bits per heavy atom. The van der Waals surface area contributed by atoms with Crippen molar-refractivity contribution < 1.29 is 9.59 Å². The van der Waals surface area contributed by atoms with Gasteiger partial charge in [0.1, 0.15) is 0 Å². The van der Waals surface area contributed by atoms with Gasteiger partial charge in [-0.25, -0.2) is 0 Å². The molecule has 0 unspecified atom stereocenters. The fraction of sp³-hybridized carbons (Fsp3) is 0.435. The second-order valence-electron chi connectivity index (χ2n) is 8.31. The number of nitrogens with zero attached hydrogens (tertiary/aromatic N) is 2. The largest absolute Gasteiger partial charge is 0.354 e. The number of hydrogen-bond donors (Lipinski definition) is 1. The van der Waals surface area contributed by atoms with E-state index < -0.39 is 0 Å². The molecule has 3 atom stereocenters. The lowest BCUT2D eigenvalue weighted by atomic mass is 9.78. The number of carbonyl (C=O) groups is 2. The molecule has 6 nitrogen and oxygen atoms in total. The third-order valence-corrected chi connectivity index (χ3v) is 6.20. The van der Waals surface area contributed by atoms with Gasteiger partial charge in [-0.2, -0.15) is 0 Å². The number of nitrogens with one attached hydrogen (secondary N) is 1. The quantitative estimate of drug-likeness (QED) is 0.864. The Balaban J connectivity index is 1.54. The molecule has 3 heterocycles. The average molecular weight is 393 g/mol. The average Bonchev–Trinajstić information content (AvgIpc) is 2.68. The van der Waals surface area contributed by atoms with Crippen molar-refractivity contribution in [2.24, 2.45) is 5.92 Å². The van der Waals surface area contributed by atoms with Crippen LogP contribution < -0.4 is 10.9 Å². The maximum atomic E-state index is 12.7. The lowest BCUT2D eigenvalue weighted by Crippen LogP contribution is -2.53. The first kappa shape index (κ1) is 19.4. The number of aromatic nitrogens is 1. The highest BCUT2D eigenvalue weighted by Gasteiger charge is 2.41. The maximum absolute atomic E-state index is 12.7. The first-order valence-electron chi connectivity index (χ1n) is 10.2. The number of hydrogen-bond acceptors (Lipinski definition) is 3. The number of pyridine rings is 1. The molecule has 1 aromatic heterocycles. The summed E-state index contributed by atoms with van der Waals surface area (Å²) in [7, 11) is 0. The molecule has 2 bridgehead atoms. The number of benzene rings is 1. The van der Waals surface area contributed by atoms with Gasteiger partial charge in [-0.05, 0) is 30.9 Å². The van der Waals surface area contributed by atoms with Gasteiger partial charge < -0.3 is 14.8 Å². The second-order valence-corrected chi connectivity index (χ2v) is 8.31. The van der Waals surface area contributed by atoms with E-state index in [9.17, 15) is 14.4 Å². The Hall–Kier alpha value is -2.89. The molecule has 0 saturated carbocycles. The van der Waals surface area contributed by atoms with Crippen molar-refractivity contribution in [3.05, 3.63) is 69.6 Å². The van der Waals surface area contributed by atoms with Crippen LogP contribution in [0.15, 0.2) is 47.3 Å². The minimum absolute atomic E-state index is 0.0357. The second kappa shape index (κ2) is 7.85. The number of piperidine rings is 1. The smallest absolute Gasteiger partial charge is 0.251 e. The summed E-state index contributed by atoms with van der Waals surface area (Å²) in [5.41, 5.74) is 3.04. The van der Waals surface area contributed by atoms with Crippen molar-refractivity contribution in [1.82, 2.24) is 14.8 Å². The van der Waals surface area contributed by atoms with Crippen molar-refractivity contribution in [3.63, 3.8) is 0 Å². The Kier molecular flexibility index (Phi) is 5.26. The SMILES string of the molecule is CC(=O)N1C[C@H]2C[C@@H](C1)[C@H](CNC(=O)Cc1cccc(C)c1)n1c2cccc1=O. The van der Waals surface area contributed by atoms with Crippen LogP contribution in [0.2, 0.25) is 0 Å². The molecule has 2 aliphatic heterocycles. The standard InChI is InChI=1S/C23H27N3O3/c1-15-5-3-6-17(9-15)10-22(28)24-12-21-19-11-18(13-25(14-19)16(2)27)20-7-4-8-23(29)26(20)21/h3-9,18-19,21H,10-14H2,1-2H3,(H,24,28)/t18-,19+,21+/m1/s1. The molecule has 1 N–H and O–H groups in total. The Bertz CT molecular complexity index is 997. The molecule has 1 aromatic carbocycles. The molecule has 29 heavy (non-hydrogen) atoms. The molecule has 2 amide bonds. The minimum Gasteiger partial charge on any atom is -0.354 e. The van der Waals surface area contributed by atoms with E-state index in [2.05, 4.69) is 5.32 Å². The Morgan fingerprint density at radius 2 is 1.93 bits per heavy atom. The Labute approximate surface area is 170 Å². The highest BCUT2D eigenvalue weighted by Crippen LogP contribution is 2.40. The zero-order valence-corrected chi connectivity index (χ0v) is 16.9. The molecule has 0 spiro atoms. The van der Waals surface area contributed by atoms with Gasteiger partial charge in [0.25, 0.3) is 5.56 Å². The molecule has 4 rings (SSSR count). The van der Waals surface area contributed by atoms with Crippen LogP contribution in [0.3, 0.4) is 0 Å². The molecule has 1 saturated heterocycles. The van der Waals surface area contributed by atoms with Crippen molar-refractivity contribution >= 4 is 11.8 Å². The summed E-state index contributed by atoms with van der Waals surface area (Å²) < 4.78 is 1.85. The molecule has 0 aliphatic carbocycles. The number of aryl methyl sites for hydroxylation is 1. The van der Waals surface area contributed by atoms with E-state index >= 15 is 0 Å². The summed E-state index contributed by atoms with van der Waals surface area (Å²) >= 11 is 0. The molecule has 2 aliphatic rings. The molecule has 1 fully saturated rings. The fourth-order valence-corrected chi connectivity index (χ4v) is 4.85. The lowest BCUT2D eigenvalue weighted by Gasteiger charge is -2.46. The van der Waals surface area contributed by atoms with Crippen LogP contribution in [-0.4, -0.2) is 40.9 Å². The van der Waals surface area contributed by atoms with Crippen LogP contribution in [0.25, 0.3) is 0 Å². The van der Waals surface area contributed by atoms with Gasteiger partial charge in [-0.1, -0.05) is 35.9 Å². The molecule has 0 radical (unpaired) electrons. The normalized spacial score (nSPS) is 22.7. The van der Waals surface area contributed by atoms with E-state index in [1.165, 1.54) is 0 Å². The van der Waals surface area contributed by atoms with Gasteiger partial charge in [0.2, 0.25) is 11.8 Å². The van der Waals surface area contributed by atoms with Gasteiger partial charge in [0.15, 0.2) is 0 Å². The number of likely N-dealkylation sites (tertiary alicyclic amines) is 1. The minimum atomic E-state index is -0.140. The van der Waals surface area contributed by atoms with Gasteiger partial charge in [-0.15, -0.1) is 0 Å². The van der Waals surface area contributed by atoms with Crippen molar-refractivity contribution in [2.45, 2.75) is 38.6 Å². The monoisotopic (exact) mass is 393 g/mol. The zero-order chi connectivity index (χ0) is 20.5. The number of rotatable bonds is 4. The lowest BCUT2D eigenvalue weighted by molar-refractivity contribution is -0.132. The van der Waals surface area contributed by atoms with E-state index in [4.69, 9.17) is 0 Å². The topological polar surface area (TPSA) is 71.4 Å². The van der Waals surface area contributed by atoms with E-state index in [-0.39, 0.29) is 35.3 Å². The number of carbonyl (C=O) groups excluding carboxylic acids is 2. The fourth-order valence-electron chi connectivity index (χ4n) is 4.85. The third kappa shape index (κ3) is 3.97. The van der Waals surface area contributed by atoms with Crippen LogP contribution in [0.1, 0.15) is 42.1 Å². The highest BCUT2D eigenvalue weighted by atomic mass is 16.2. The van der Waals surface area contributed by atoms with E-state index in [1.807, 2.05) is 46.7 Å². The molecular formula is C23H27N3O3. The van der Waals surface area contributed by atoms with Crippen molar-refractivity contribution in [2.75, 3.05) is 19.6 Å². The van der Waals surface area contributed by atoms with Crippen molar-refractivity contribution in [3.8, 4) is 0 Å². The zero-order valence-electron chi connectivity index (χ0n) is 16.9. The van der Waals surface area contributed by atoms with Crippen LogP contribution in [0.4, 0.5) is 0 Å². The summed E-state index contributed by atoms with van der Waals surface area (Å²) in [6, 6.07) is 13.1. The molecular weight excluding hydrogens is 366 g/mol. The van der Waals surface area contributed by atoms with Crippen molar-refractivity contribution in [1.29, 1.82) is 0 Å². The van der Waals surface area contributed by atoms with Gasteiger partial charge in [0.05, 0.1) is 12.5 Å². The summed E-state index contributed by atoms with van der Waals surface area (Å²) in [6.45, 7) is 5.28. The Morgan fingerprint density at radius 3 is 2.69 bits per heavy atom. The predicted molar refractivity (Wildman–Crippen MR) is 111 cm³/mol. The molecule has 6 heteroatoms. The van der Waals surface area contributed by atoms with Gasteiger partial charge >= 0.3 is 0 Å². The third-order valence-electron chi connectivity index (χ3n) is 6.20. The molecule has 152 valence electrons. The summed E-state index contributed by atoms with van der Waals surface area (Å²) in [4.78, 5) is 39.1.